The molecule has 0 bridgehead atoms. The summed E-state index contributed by atoms with van der Waals surface area (Å²) in [7, 11) is 0. The molecule has 2 aromatic carbocycles. The minimum atomic E-state index is -4.49. The maximum atomic E-state index is 12.8. The van der Waals surface area contributed by atoms with Crippen molar-refractivity contribution in [1.29, 1.82) is 0 Å². The Morgan fingerprint density at radius 2 is 1.67 bits per heavy atom. The fourth-order valence-corrected chi connectivity index (χ4v) is 2.10. The number of amides is 2. The Bertz CT molecular complexity index is 792. The normalized spacial score (nSPS) is 11.0. The Labute approximate surface area is 152 Å². The second-order valence-corrected chi connectivity index (χ2v) is 5.64. The largest absolute Gasteiger partial charge is 0.405 e. The van der Waals surface area contributed by atoms with Crippen LogP contribution in [0.4, 0.5) is 23.2 Å². The molecule has 2 amide bonds. The van der Waals surface area contributed by atoms with Crippen molar-refractivity contribution in [3.05, 3.63) is 65.5 Å². The molecule has 3 N–H and O–H groups in total. The zero-order valence-corrected chi connectivity index (χ0v) is 14.1. The van der Waals surface area contributed by atoms with Gasteiger partial charge in [-0.05, 0) is 35.9 Å². The number of rotatable bonds is 7. The van der Waals surface area contributed by atoms with Gasteiger partial charge in [-0.3, -0.25) is 9.59 Å². The zero-order valence-electron chi connectivity index (χ0n) is 14.1. The van der Waals surface area contributed by atoms with Gasteiger partial charge in [-0.15, -0.1) is 0 Å². The van der Waals surface area contributed by atoms with Crippen LogP contribution in [0.2, 0.25) is 0 Å². The Kier molecular flexibility index (Phi) is 6.75. The van der Waals surface area contributed by atoms with Crippen LogP contribution in [0.3, 0.4) is 0 Å². The third-order valence-electron chi connectivity index (χ3n) is 3.43. The highest BCUT2D eigenvalue weighted by molar-refractivity contribution is 5.95. The Hall–Kier alpha value is -3.10. The van der Waals surface area contributed by atoms with E-state index >= 15 is 0 Å². The summed E-state index contributed by atoms with van der Waals surface area (Å²) >= 11 is 0. The van der Waals surface area contributed by atoms with Crippen LogP contribution in [0.15, 0.2) is 48.5 Å². The third-order valence-corrected chi connectivity index (χ3v) is 3.43. The van der Waals surface area contributed by atoms with Gasteiger partial charge in [0.05, 0.1) is 6.54 Å². The Morgan fingerprint density at radius 3 is 2.33 bits per heavy atom. The van der Waals surface area contributed by atoms with Crippen LogP contribution in [0.5, 0.6) is 0 Å². The van der Waals surface area contributed by atoms with Crippen LogP contribution in [0, 0.1) is 5.82 Å². The first-order chi connectivity index (χ1) is 12.7. The van der Waals surface area contributed by atoms with Gasteiger partial charge in [0.15, 0.2) is 0 Å². The fourth-order valence-electron chi connectivity index (χ4n) is 2.10. The first kappa shape index (κ1) is 20.2. The first-order valence-electron chi connectivity index (χ1n) is 7.93. The van der Waals surface area contributed by atoms with Crippen LogP contribution in [-0.4, -0.2) is 31.1 Å². The molecular formula is C18H17F4N3O2. The second-order valence-electron chi connectivity index (χ2n) is 5.64. The number of hydrogen-bond acceptors (Lipinski definition) is 3. The fraction of sp³-hybridized carbons (Fsp3) is 0.222. The maximum Gasteiger partial charge on any atom is 0.405 e. The van der Waals surface area contributed by atoms with Gasteiger partial charge in [0, 0.05) is 17.8 Å². The van der Waals surface area contributed by atoms with Crippen molar-refractivity contribution < 1.29 is 27.2 Å². The molecule has 2 aromatic rings. The lowest BCUT2D eigenvalue weighted by Crippen LogP contribution is -2.33. The van der Waals surface area contributed by atoms with Crippen molar-refractivity contribution >= 4 is 17.5 Å². The van der Waals surface area contributed by atoms with Gasteiger partial charge < -0.3 is 16.0 Å². The number of alkyl halides is 3. The smallest absolute Gasteiger partial charge is 0.376 e. The van der Waals surface area contributed by atoms with Crippen LogP contribution in [0.1, 0.15) is 15.9 Å². The predicted molar refractivity (Wildman–Crippen MR) is 91.6 cm³/mol. The summed E-state index contributed by atoms with van der Waals surface area (Å²) in [6.07, 6.45) is -4.49. The number of carbonyl (C=O) groups excluding carboxylic acids is 2. The zero-order chi connectivity index (χ0) is 19.9. The number of anilines is 1. The highest BCUT2D eigenvalue weighted by atomic mass is 19.4. The van der Waals surface area contributed by atoms with Crippen molar-refractivity contribution in [3.8, 4) is 0 Å². The van der Waals surface area contributed by atoms with Crippen LogP contribution in [0.25, 0.3) is 0 Å². The lowest BCUT2D eigenvalue weighted by Gasteiger charge is -2.11. The van der Waals surface area contributed by atoms with Gasteiger partial charge in [0.2, 0.25) is 5.91 Å². The quantitative estimate of drug-likeness (QED) is 0.644. The van der Waals surface area contributed by atoms with Crippen molar-refractivity contribution in [2.24, 2.45) is 0 Å². The van der Waals surface area contributed by atoms with Crippen LogP contribution < -0.4 is 16.0 Å². The number of hydrogen-bond donors (Lipinski definition) is 3. The molecule has 0 aliphatic carbocycles. The van der Waals surface area contributed by atoms with E-state index in [1.807, 2.05) is 0 Å². The van der Waals surface area contributed by atoms with E-state index in [4.69, 9.17) is 0 Å². The third kappa shape index (κ3) is 7.35. The highest BCUT2D eigenvalue weighted by Crippen LogP contribution is 2.14. The Morgan fingerprint density at radius 1 is 0.963 bits per heavy atom. The molecule has 5 nitrogen and oxygen atoms in total. The molecule has 144 valence electrons. The lowest BCUT2D eigenvalue weighted by atomic mass is 10.2. The van der Waals surface area contributed by atoms with E-state index in [0.717, 1.165) is 5.56 Å². The van der Waals surface area contributed by atoms with Crippen molar-refractivity contribution in [2.75, 3.05) is 18.4 Å². The van der Waals surface area contributed by atoms with Crippen LogP contribution >= 0.6 is 0 Å². The molecule has 27 heavy (non-hydrogen) atoms. The van der Waals surface area contributed by atoms with E-state index in [-0.39, 0.29) is 30.4 Å². The maximum absolute atomic E-state index is 12.8. The molecular weight excluding hydrogens is 366 g/mol. The van der Waals surface area contributed by atoms with E-state index in [9.17, 15) is 27.2 Å². The minimum absolute atomic E-state index is 0.0379. The number of benzene rings is 2. The van der Waals surface area contributed by atoms with E-state index in [2.05, 4.69) is 10.6 Å². The molecule has 0 saturated heterocycles. The molecule has 0 aliphatic heterocycles. The number of halogens is 4. The average molecular weight is 383 g/mol. The van der Waals surface area contributed by atoms with Gasteiger partial charge in [-0.2, -0.15) is 13.2 Å². The molecule has 9 heteroatoms. The SMILES string of the molecule is O=C(CNc1cccc(C(=O)NCC(F)(F)F)c1)NCc1ccc(F)cc1. The van der Waals surface area contributed by atoms with Crippen molar-refractivity contribution in [1.82, 2.24) is 10.6 Å². The summed E-state index contributed by atoms with van der Waals surface area (Å²) in [5.41, 5.74) is 1.18. The van der Waals surface area contributed by atoms with Crippen molar-refractivity contribution in [3.63, 3.8) is 0 Å². The average Bonchev–Trinajstić information content (AvgIpc) is 2.63. The second kappa shape index (κ2) is 9.02. The monoisotopic (exact) mass is 383 g/mol. The first-order valence-corrected chi connectivity index (χ1v) is 7.93. The summed E-state index contributed by atoms with van der Waals surface area (Å²) in [6, 6.07) is 11.4. The van der Waals surface area contributed by atoms with E-state index < -0.39 is 18.6 Å². The number of nitrogens with one attached hydrogen (secondary N) is 3. The highest BCUT2D eigenvalue weighted by Gasteiger charge is 2.27. The van der Waals surface area contributed by atoms with Gasteiger partial charge in [-0.1, -0.05) is 18.2 Å². The molecule has 2 rings (SSSR count). The van der Waals surface area contributed by atoms with Crippen LogP contribution in [-0.2, 0) is 11.3 Å². The summed E-state index contributed by atoms with van der Waals surface area (Å²) < 4.78 is 49.2. The van der Waals surface area contributed by atoms with Gasteiger partial charge >= 0.3 is 6.18 Å². The summed E-state index contributed by atoms with van der Waals surface area (Å²) in [4.78, 5) is 23.6. The van der Waals surface area contributed by atoms with E-state index in [1.165, 1.54) is 30.3 Å². The number of carbonyl (C=O) groups is 2. The molecule has 0 heterocycles. The minimum Gasteiger partial charge on any atom is -0.376 e. The summed E-state index contributed by atoms with van der Waals surface area (Å²) in [5, 5.41) is 7.19. The molecule has 0 spiro atoms. The predicted octanol–water partition coefficient (Wildman–Crippen LogP) is 2.85. The lowest BCUT2D eigenvalue weighted by molar-refractivity contribution is -0.123. The summed E-state index contributed by atoms with van der Waals surface area (Å²) in [5.74, 6) is -1.58. The van der Waals surface area contributed by atoms with E-state index in [0.29, 0.717) is 5.69 Å². The van der Waals surface area contributed by atoms with Crippen molar-refractivity contribution in [2.45, 2.75) is 12.7 Å². The van der Waals surface area contributed by atoms with Gasteiger partial charge in [0.25, 0.3) is 5.91 Å². The molecule has 0 atom stereocenters. The Balaban J connectivity index is 1.82. The standard InChI is InChI=1S/C18H17F4N3O2/c19-14-6-4-12(5-7-14)9-24-16(26)10-23-15-3-1-2-13(8-15)17(27)25-11-18(20,21)22/h1-8,23H,9-11H2,(H,24,26)(H,25,27). The molecule has 0 aromatic heterocycles. The van der Waals surface area contributed by atoms with Gasteiger partial charge in [-0.25, -0.2) is 4.39 Å². The van der Waals surface area contributed by atoms with E-state index in [1.54, 1.807) is 23.5 Å². The molecule has 0 unspecified atom stereocenters. The topological polar surface area (TPSA) is 70.2 Å². The molecule has 0 saturated carbocycles. The van der Waals surface area contributed by atoms with Gasteiger partial charge in [0.1, 0.15) is 12.4 Å². The molecule has 0 fully saturated rings. The summed E-state index contributed by atoms with van der Waals surface area (Å²) in [6.45, 7) is -1.30. The molecule has 0 radical (unpaired) electrons. The molecule has 0 aliphatic rings.